The highest BCUT2D eigenvalue weighted by Crippen LogP contribution is 2.34. The number of pyridine rings is 1. The number of piperidine rings is 1. The highest BCUT2D eigenvalue weighted by Gasteiger charge is 2.26. The molecule has 1 fully saturated rings. The number of para-hydroxylation sites is 1. The third-order valence-electron chi connectivity index (χ3n) is 6.07. The number of likely N-dealkylation sites (tertiary alicyclic amines) is 1. The molecule has 1 aliphatic heterocycles. The summed E-state index contributed by atoms with van der Waals surface area (Å²) < 4.78 is 7.86. The minimum atomic E-state index is 0.282. The Balaban J connectivity index is 1.47. The van der Waals surface area contributed by atoms with Crippen molar-refractivity contribution in [2.24, 2.45) is 0 Å². The van der Waals surface area contributed by atoms with E-state index in [1.165, 1.54) is 6.33 Å². The van der Waals surface area contributed by atoms with Gasteiger partial charge < -0.3 is 15.4 Å². The maximum atomic E-state index is 6.27. The highest BCUT2D eigenvalue weighted by atomic mass is 16.5. The molecule has 0 unspecified atom stereocenters. The summed E-state index contributed by atoms with van der Waals surface area (Å²) in [6.07, 6.45) is 5.33. The zero-order chi connectivity index (χ0) is 22.1. The van der Waals surface area contributed by atoms with Crippen LogP contribution in [-0.4, -0.2) is 48.8 Å². The van der Waals surface area contributed by atoms with Crippen molar-refractivity contribution in [3.8, 4) is 22.9 Å². The van der Waals surface area contributed by atoms with Crippen molar-refractivity contribution >= 4 is 16.9 Å². The fraction of sp³-hybridized carbons (Fsp3) is 0.333. The van der Waals surface area contributed by atoms with Gasteiger partial charge in [0, 0.05) is 37.0 Å². The number of ether oxygens (including phenoxy) is 1. The summed E-state index contributed by atoms with van der Waals surface area (Å²) in [7, 11) is 0. The van der Waals surface area contributed by atoms with Gasteiger partial charge in [-0.15, -0.1) is 0 Å². The fourth-order valence-electron chi connectivity index (χ4n) is 4.29. The first-order valence-electron chi connectivity index (χ1n) is 11.0. The first kappa shape index (κ1) is 20.4. The van der Waals surface area contributed by atoms with Gasteiger partial charge in [-0.3, -0.25) is 0 Å². The van der Waals surface area contributed by atoms with E-state index in [1.807, 2.05) is 47.1 Å². The molecular weight excluding hydrogens is 402 g/mol. The van der Waals surface area contributed by atoms with Crippen LogP contribution in [0.25, 0.3) is 22.3 Å². The van der Waals surface area contributed by atoms with Crippen LogP contribution in [0.4, 0.5) is 5.82 Å². The molecule has 0 atom stereocenters. The average Bonchev–Trinajstić information content (AvgIpc) is 3.21. The Labute approximate surface area is 187 Å². The van der Waals surface area contributed by atoms with E-state index in [0.29, 0.717) is 17.7 Å². The molecule has 0 radical (unpaired) electrons. The zero-order valence-electron chi connectivity index (χ0n) is 18.3. The van der Waals surface area contributed by atoms with Crippen molar-refractivity contribution < 1.29 is 4.74 Å². The molecule has 4 aromatic rings. The van der Waals surface area contributed by atoms with Crippen LogP contribution in [-0.2, 0) is 0 Å². The maximum Gasteiger partial charge on any atom is 0.219 e. The Morgan fingerprint density at radius 2 is 1.78 bits per heavy atom. The largest absolute Gasteiger partial charge is 0.439 e. The fourth-order valence-corrected chi connectivity index (χ4v) is 4.29. The van der Waals surface area contributed by atoms with Crippen molar-refractivity contribution in [2.75, 3.05) is 18.8 Å². The maximum absolute atomic E-state index is 6.27. The number of hydrogen-bond donors (Lipinski definition) is 1. The molecule has 1 aliphatic rings. The molecule has 1 aromatic carbocycles. The average molecular weight is 430 g/mol. The summed E-state index contributed by atoms with van der Waals surface area (Å²) in [4.78, 5) is 15.7. The van der Waals surface area contributed by atoms with E-state index in [-0.39, 0.29) is 6.04 Å². The number of anilines is 1. The number of nitrogens with two attached hydrogens (primary N) is 1. The first-order valence-corrected chi connectivity index (χ1v) is 11.0. The van der Waals surface area contributed by atoms with Crippen molar-refractivity contribution in [2.45, 2.75) is 38.8 Å². The van der Waals surface area contributed by atoms with Gasteiger partial charge in [-0.25, -0.2) is 19.6 Å². The van der Waals surface area contributed by atoms with Gasteiger partial charge in [0.1, 0.15) is 23.6 Å². The van der Waals surface area contributed by atoms with Crippen molar-refractivity contribution in [3.05, 3.63) is 55.0 Å². The summed E-state index contributed by atoms with van der Waals surface area (Å²) in [5, 5.41) is 5.74. The molecule has 0 amide bonds. The number of nitrogen functional groups attached to an aromatic ring is 1. The topological polar surface area (TPSA) is 95.0 Å². The lowest BCUT2D eigenvalue weighted by molar-refractivity contribution is 0.148. The molecule has 8 heteroatoms. The number of hydrogen-bond acceptors (Lipinski definition) is 7. The number of aromatic nitrogens is 5. The summed E-state index contributed by atoms with van der Waals surface area (Å²) in [6.45, 7) is 6.58. The minimum absolute atomic E-state index is 0.282. The van der Waals surface area contributed by atoms with E-state index in [0.717, 1.165) is 54.0 Å². The predicted octanol–water partition coefficient (Wildman–Crippen LogP) is 4.31. The molecule has 8 nitrogen and oxygen atoms in total. The van der Waals surface area contributed by atoms with Crippen LogP contribution < -0.4 is 10.5 Å². The number of benzene rings is 1. The van der Waals surface area contributed by atoms with Gasteiger partial charge in [0.15, 0.2) is 5.65 Å². The predicted molar refractivity (Wildman–Crippen MR) is 124 cm³/mol. The number of nitrogens with zero attached hydrogens (tertiary/aromatic N) is 6. The molecule has 2 N–H and O–H groups in total. The van der Waals surface area contributed by atoms with Crippen molar-refractivity contribution in [1.29, 1.82) is 0 Å². The van der Waals surface area contributed by atoms with E-state index in [9.17, 15) is 0 Å². The molecule has 4 heterocycles. The van der Waals surface area contributed by atoms with Crippen LogP contribution in [0, 0.1) is 0 Å². The Bertz CT molecular complexity index is 1200. The van der Waals surface area contributed by atoms with Gasteiger partial charge in [0.05, 0.1) is 11.4 Å². The molecule has 0 aliphatic carbocycles. The minimum Gasteiger partial charge on any atom is -0.439 e. The van der Waals surface area contributed by atoms with Gasteiger partial charge in [-0.05, 0) is 44.9 Å². The van der Waals surface area contributed by atoms with Gasteiger partial charge in [-0.2, -0.15) is 5.10 Å². The van der Waals surface area contributed by atoms with E-state index < -0.39 is 0 Å². The smallest absolute Gasteiger partial charge is 0.219 e. The van der Waals surface area contributed by atoms with Crippen LogP contribution in [0.3, 0.4) is 0 Å². The summed E-state index contributed by atoms with van der Waals surface area (Å²) in [5.41, 5.74) is 8.66. The van der Waals surface area contributed by atoms with Crippen LogP contribution in [0.5, 0.6) is 11.6 Å². The lowest BCUT2D eigenvalue weighted by Gasteiger charge is -2.34. The molecule has 0 bridgehead atoms. The van der Waals surface area contributed by atoms with E-state index >= 15 is 0 Å². The molecule has 5 rings (SSSR count). The Hall–Kier alpha value is -3.52. The SMILES string of the molecule is CC(C)N1CCC(n2nc(-c3ccc(Oc4ccccc4)nc3)c3c(N)ncnc32)CC1. The Kier molecular flexibility index (Phi) is 5.45. The van der Waals surface area contributed by atoms with Crippen molar-refractivity contribution in [3.63, 3.8) is 0 Å². The Morgan fingerprint density at radius 3 is 2.47 bits per heavy atom. The second-order valence-electron chi connectivity index (χ2n) is 8.41. The molecule has 164 valence electrons. The molecule has 3 aromatic heterocycles. The first-order chi connectivity index (χ1) is 15.6. The van der Waals surface area contributed by atoms with E-state index in [4.69, 9.17) is 15.6 Å². The van der Waals surface area contributed by atoms with Crippen molar-refractivity contribution in [1.82, 2.24) is 29.6 Å². The molecule has 0 spiro atoms. The molecule has 0 saturated carbocycles. The Morgan fingerprint density at radius 1 is 1.00 bits per heavy atom. The molecular formula is C24H27N7O. The lowest BCUT2D eigenvalue weighted by Crippen LogP contribution is -2.39. The van der Waals surface area contributed by atoms with E-state index in [1.54, 1.807) is 6.20 Å². The second kappa shape index (κ2) is 8.55. The summed E-state index contributed by atoms with van der Waals surface area (Å²) >= 11 is 0. The van der Waals surface area contributed by atoms with Gasteiger partial charge in [0.2, 0.25) is 5.88 Å². The van der Waals surface area contributed by atoms with Gasteiger partial charge in [0.25, 0.3) is 0 Å². The summed E-state index contributed by atoms with van der Waals surface area (Å²) in [6, 6.07) is 14.2. The monoisotopic (exact) mass is 429 g/mol. The third-order valence-corrected chi connectivity index (χ3v) is 6.07. The quantitative estimate of drug-likeness (QED) is 0.505. The lowest BCUT2D eigenvalue weighted by atomic mass is 10.0. The second-order valence-corrected chi connectivity index (χ2v) is 8.41. The molecule has 32 heavy (non-hydrogen) atoms. The normalized spacial score (nSPS) is 15.5. The summed E-state index contributed by atoms with van der Waals surface area (Å²) in [5.74, 6) is 1.70. The van der Waals surface area contributed by atoms with E-state index in [2.05, 4.69) is 33.7 Å². The van der Waals surface area contributed by atoms with Gasteiger partial charge in [-0.1, -0.05) is 18.2 Å². The van der Waals surface area contributed by atoms with Crippen LogP contribution in [0.15, 0.2) is 55.0 Å². The highest BCUT2D eigenvalue weighted by molar-refractivity contribution is 5.98. The van der Waals surface area contributed by atoms with Crippen LogP contribution >= 0.6 is 0 Å². The number of fused-ring (bicyclic) bond motifs is 1. The third kappa shape index (κ3) is 3.89. The van der Waals surface area contributed by atoms with Gasteiger partial charge >= 0.3 is 0 Å². The molecule has 1 saturated heterocycles. The van der Waals surface area contributed by atoms with Crippen LogP contribution in [0.2, 0.25) is 0 Å². The standard InChI is InChI=1S/C24H27N7O/c1-16(2)30-12-10-18(11-13-30)31-24-21(23(25)27-15-28-24)22(29-31)17-8-9-20(26-14-17)32-19-6-4-3-5-7-19/h3-9,14-16,18H,10-13H2,1-2H3,(H2,25,27,28). The van der Waals surface area contributed by atoms with Crippen LogP contribution in [0.1, 0.15) is 32.7 Å². The zero-order valence-corrected chi connectivity index (χ0v) is 18.3. The number of rotatable bonds is 5.